The summed E-state index contributed by atoms with van der Waals surface area (Å²) in [5.41, 5.74) is 1.87. The Morgan fingerprint density at radius 1 is 1.25 bits per heavy atom. The molecule has 0 aliphatic heterocycles. The Morgan fingerprint density at radius 2 is 2.06 bits per heavy atom. The SMILES string of the molecule is CC(=O)c1cc(-c2ccc(Cl)nn2)ccn1. The minimum Gasteiger partial charge on any atom is -0.293 e. The second-order valence-electron chi connectivity index (χ2n) is 3.23. The van der Waals surface area contributed by atoms with Crippen molar-refractivity contribution in [2.24, 2.45) is 0 Å². The molecule has 5 heteroatoms. The van der Waals surface area contributed by atoms with Crippen LogP contribution in [-0.2, 0) is 0 Å². The number of aromatic nitrogens is 3. The van der Waals surface area contributed by atoms with Crippen molar-refractivity contribution in [1.29, 1.82) is 0 Å². The van der Waals surface area contributed by atoms with Gasteiger partial charge in [-0.1, -0.05) is 11.6 Å². The van der Waals surface area contributed by atoms with E-state index in [1.165, 1.54) is 6.92 Å². The Kier molecular flexibility index (Phi) is 2.92. The zero-order chi connectivity index (χ0) is 11.5. The second kappa shape index (κ2) is 4.37. The number of ketones is 1. The topological polar surface area (TPSA) is 55.7 Å². The standard InChI is InChI=1S/C11H8ClN3O/c1-7(16)10-6-8(4-5-13-10)9-2-3-11(12)15-14-9/h2-6H,1H3. The fourth-order valence-corrected chi connectivity index (χ4v) is 1.35. The van der Waals surface area contributed by atoms with Crippen molar-refractivity contribution in [3.8, 4) is 11.3 Å². The maximum absolute atomic E-state index is 11.2. The van der Waals surface area contributed by atoms with Crippen LogP contribution in [0.3, 0.4) is 0 Å². The van der Waals surface area contributed by atoms with E-state index in [2.05, 4.69) is 15.2 Å². The van der Waals surface area contributed by atoms with E-state index >= 15 is 0 Å². The fourth-order valence-electron chi connectivity index (χ4n) is 1.25. The van der Waals surface area contributed by atoms with E-state index in [1.807, 2.05) is 0 Å². The molecule has 80 valence electrons. The molecule has 2 aromatic rings. The van der Waals surface area contributed by atoms with Crippen LogP contribution in [0.25, 0.3) is 11.3 Å². The second-order valence-corrected chi connectivity index (χ2v) is 3.61. The summed E-state index contributed by atoms with van der Waals surface area (Å²) in [4.78, 5) is 15.1. The number of halogens is 1. The van der Waals surface area contributed by atoms with Crippen molar-refractivity contribution < 1.29 is 4.79 Å². The van der Waals surface area contributed by atoms with Gasteiger partial charge < -0.3 is 0 Å². The molecule has 0 atom stereocenters. The first kappa shape index (κ1) is 10.7. The molecule has 4 nitrogen and oxygen atoms in total. The molecule has 0 bridgehead atoms. The van der Waals surface area contributed by atoms with Crippen LogP contribution in [-0.4, -0.2) is 21.0 Å². The van der Waals surface area contributed by atoms with Crippen molar-refractivity contribution in [2.45, 2.75) is 6.92 Å². The van der Waals surface area contributed by atoms with Crippen LogP contribution in [0, 0.1) is 0 Å². The van der Waals surface area contributed by atoms with Crippen LogP contribution in [0.4, 0.5) is 0 Å². The first-order chi connectivity index (χ1) is 7.66. The van der Waals surface area contributed by atoms with E-state index in [0.29, 0.717) is 16.5 Å². The highest BCUT2D eigenvalue weighted by atomic mass is 35.5. The van der Waals surface area contributed by atoms with Crippen LogP contribution in [0.2, 0.25) is 5.15 Å². The van der Waals surface area contributed by atoms with E-state index in [9.17, 15) is 4.79 Å². The van der Waals surface area contributed by atoms with Gasteiger partial charge in [-0.2, -0.15) is 0 Å². The van der Waals surface area contributed by atoms with E-state index in [4.69, 9.17) is 11.6 Å². The number of Topliss-reactive ketones (excluding diaryl/α,β-unsaturated/α-hetero) is 1. The maximum Gasteiger partial charge on any atom is 0.178 e. The molecule has 2 aromatic heterocycles. The summed E-state index contributed by atoms with van der Waals surface area (Å²) in [7, 11) is 0. The van der Waals surface area contributed by atoms with Gasteiger partial charge >= 0.3 is 0 Å². The number of carbonyl (C=O) groups excluding carboxylic acids is 1. The lowest BCUT2D eigenvalue weighted by atomic mass is 10.1. The molecule has 0 spiro atoms. The molecule has 0 fully saturated rings. The van der Waals surface area contributed by atoms with Gasteiger partial charge in [0.15, 0.2) is 10.9 Å². The lowest BCUT2D eigenvalue weighted by molar-refractivity contribution is 0.101. The third kappa shape index (κ3) is 2.23. The van der Waals surface area contributed by atoms with Gasteiger partial charge in [0.25, 0.3) is 0 Å². The van der Waals surface area contributed by atoms with Crippen molar-refractivity contribution in [2.75, 3.05) is 0 Å². The summed E-state index contributed by atoms with van der Waals surface area (Å²) in [5.74, 6) is -0.0798. The van der Waals surface area contributed by atoms with E-state index in [-0.39, 0.29) is 5.78 Å². The van der Waals surface area contributed by atoms with Crippen molar-refractivity contribution in [3.63, 3.8) is 0 Å². The van der Waals surface area contributed by atoms with Crippen LogP contribution in [0.5, 0.6) is 0 Å². The van der Waals surface area contributed by atoms with Gasteiger partial charge in [0.2, 0.25) is 0 Å². The fraction of sp³-hybridized carbons (Fsp3) is 0.0909. The lowest BCUT2D eigenvalue weighted by Crippen LogP contribution is -1.97. The van der Waals surface area contributed by atoms with Crippen LogP contribution >= 0.6 is 11.6 Å². The van der Waals surface area contributed by atoms with Gasteiger partial charge in [0, 0.05) is 18.7 Å². The molecule has 0 aliphatic rings. The summed E-state index contributed by atoms with van der Waals surface area (Å²) in [5, 5.41) is 8.01. The molecule has 0 saturated heterocycles. The van der Waals surface area contributed by atoms with Crippen LogP contribution < -0.4 is 0 Å². The van der Waals surface area contributed by atoms with Gasteiger partial charge in [-0.25, -0.2) is 0 Å². The number of hydrogen-bond donors (Lipinski definition) is 0. The summed E-state index contributed by atoms with van der Waals surface area (Å²) >= 11 is 5.64. The zero-order valence-electron chi connectivity index (χ0n) is 8.51. The summed E-state index contributed by atoms with van der Waals surface area (Å²) in [6.45, 7) is 1.47. The monoisotopic (exact) mass is 233 g/mol. The molecule has 0 unspecified atom stereocenters. The minimum atomic E-state index is -0.0798. The quantitative estimate of drug-likeness (QED) is 0.748. The smallest absolute Gasteiger partial charge is 0.178 e. The third-order valence-corrected chi connectivity index (χ3v) is 2.25. The van der Waals surface area contributed by atoms with Crippen molar-refractivity contribution in [1.82, 2.24) is 15.2 Å². The molecule has 16 heavy (non-hydrogen) atoms. The third-order valence-electron chi connectivity index (χ3n) is 2.05. The normalized spacial score (nSPS) is 10.1. The average molecular weight is 234 g/mol. The minimum absolute atomic E-state index is 0.0798. The Labute approximate surface area is 97.3 Å². The molecule has 0 aliphatic carbocycles. The predicted octanol–water partition coefficient (Wildman–Crippen LogP) is 2.39. The maximum atomic E-state index is 11.2. The number of nitrogens with zero attached hydrogens (tertiary/aromatic N) is 3. The molecule has 0 aromatic carbocycles. The summed E-state index contributed by atoms with van der Waals surface area (Å²) in [6.07, 6.45) is 1.57. The van der Waals surface area contributed by atoms with Gasteiger partial charge in [0.05, 0.1) is 5.69 Å². The molecule has 0 amide bonds. The van der Waals surface area contributed by atoms with Gasteiger partial charge in [-0.05, 0) is 24.3 Å². The molecule has 2 rings (SSSR count). The highest BCUT2D eigenvalue weighted by Crippen LogP contribution is 2.17. The molecule has 0 saturated carbocycles. The van der Waals surface area contributed by atoms with Crippen molar-refractivity contribution >= 4 is 17.4 Å². The predicted molar refractivity (Wildman–Crippen MR) is 60.3 cm³/mol. The van der Waals surface area contributed by atoms with Crippen LogP contribution in [0.1, 0.15) is 17.4 Å². The van der Waals surface area contributed by atoms with E-state index < -0.39 is 0 Å². The number of hydrogen-bond acceptors (Lipinski definition) is 4. The summed E-state index contributed by atoms with van der Waals surface area (Å²) < 4.78 is 0. The first-order valence-corrected chi connectivity index (χ1v) is 5.01. The first-order valence-electron chi connectivity index (χ1n) is 4.63. The largest absolute Gasteiger partial charge is 0.293 e. The highest BCUT2D eigenvalue weighted by Gasteiger charge is 2.05. The molecular formula is C11H8ClN3O. The van der Waals surface area contributed by atoms with Crippen LogP contribution in [0.15, 0.2) is 30.5 Å². The zero-order valence-corrected chi connectivity index (χ0v) is 9.27. The summed E-state index contributed by atoms with van der Waals surface area (Å²) in [6, 6.07) is 6.84. The number of rotatable bonds is 2. The lowest BCUT2D eigenvalue weighted by Gasteiger charge is -2.01. The number of pyridine rings is 1. The van der Waals surface area contributed by atoms with Gasteiger partial charge in [0.1, 0.15) is 5.69 Å². The average Bonchev–Trinajstić information content (AvgIpc) is 2.30. The molecule has 0 N–H and O–H groups in total. The Balaban J connectivity index is 2.44. The molecule has 2 heterocycles. The molecule has 0 radical (unpaired) electrons. The number of carbonyl (C=O) groups is 1. The Bertz CT molecular complexity index is 525. The molecular weight excluding hydrogens is 226 g/mol. The van der Waals surface area contributed by atoms with Crippen molar-refractivity contribution in [3.05, 3.63) is 41.3 Å². The highest BCUT2D eigenvalue weighted by molar-refractivity contribution is 6.29. The van der Waals surface area contributed by atoms with Gasteiger partial charge in [-0.15, -0.1) is 10.2 Å². The van der Waals surface area contributed by atoms with Gasteiger partial charge in [-0.3, -0.25) is 9.78 Å². The van der Waals surface area contributed by atoms with E-state index in [0.717, 1.165) is 5.56 Å². The van der Waals surface area contributed by atoms with E-state index in [1.54, 1.807) is 30.5 Å². The Hall–Kier alpha value is -1.81. The Morgan fingerprint density at radius 3 is 2.69 bits per heavy atom.